The Bertz CT molecular complexity index is 385. The Morgan fingerprint density at radius 2 is 2.00 bits per heavy atom. The van der Waals surface area contributed by atoms with Gasteiger partial charge in [0.1, 0.15) is 5.78 Å². The topological polar surface area (TPSA) is 26.3 Å². The number of fused-ring (bicyclic) bond motifs is 2. The predicted octanol–water partition coefficient (Wildman–Crippen LogP) is 2.57. The van der Waals surface area contributed by atoms with Gasteiger partial charge in [-0.05, 0) is 24.8 Å². The fraction of sp³-hybridized carbons (Fsp3) is 0.500. The highest BCUT2D eigenvalue weighted by atomic mass is 16.5. The summed E-state index contributed by atoms with van der Waals surface area (Å²) in [7, 11) is 0. The Kier molecular flexibility index (Phi) is 2.52. The molecule has 2 heteroatoms. The molecule has 0 aromatic heterocycles. The predicted molar refractivity (Wildman–Crippen MR) is 60.9 cm³/mol. The van der Waals surface area contributed by atoms with E-state index >= 15 is 0 Å². The van der Waals surface area contributed by atoms with E-state index in [2.05, 4.69) is 12.1 Å². The van der Waals surface area contributed by atoms with E-state index in [1.807, 2.05) is 18.2 Å². The molecule has 0 heterocycles. The van der Waals surface area contributed by atoms with Gasteiger partial charge in [-0.25, -0.2) is 0 Å². The van der Waals surface area contributed by atoms with Crippen molar-refractivity contribution in [2.45, 2.75) is 32.0 Å². The second-order valence-electron chi connectivity index (χ2n) is 4.85. The number of carbonyl (C=O) groups excluding carboxylic acids is 1. The number of hydrogen-bond acceptors (Lipinski definition) is 2. The summed E-state index contributed by atoms with van der Waals surface area (Å²) in [6, 6.07) is 10.2. The zero-order chi connectivity index (χ0) is 11.0. The van der Waals surface area contributed by atoms with Crippen LogP contribution in [0.2, 0.25) is 0 Å². The summed E-state index contributed by atoms with van der Waals surface area (Å²) >= 11 is 0. The smallest absolute Gasteiger partial charge is 0.141 e. The van der Waals surface area contributed by atoms with E-state index in [0.717, 1.165) is 19.3 Å². The van der Waals surface area contributed by atoms with Crippen molar-refractivity contribution >= 4 is 5.78 Å². The van der Waals surface area contributed by atoms with Crippen LogP contribution in [-0.2, 0) is 16.1 Å². The summed E-state index contributed by atoms with van der Waals surface area (Å²) < 4.78 is 5.87. The summed E-state index contributed by atoms with van der Waals surface area (Å²) in [5.74, 6) is 0.970. The monoisotopic (exact) mass is 216 g/mol. The first-order valence-corrected chi connectivity index (χ1v) is 6.04. The first-order chi connectivity index (χ1) is 7.84. The minimum Gasteiger partial charge on any atom is -0.373 e. The van der Waals surface area contributed by atoms with Gasteiger partial charge in [0.05, 0.1) is 12.7 Å². The lowest BCUT2D eigenvalue weighted by Crippen LogP contribution is -2.21. The lowest BCUT2D eigenvalue weighted by Gasteiger charge is -2.20. The standard InChI is InChI=1S/C14H16O2/c15-14-11-6-7-12(14)13(8-11)16-9-10-4-2-1-3-5-10/h1-5,11-13H,6-9H2/t11-,12+,13+/m0/s1. The molecule has 0 N–H and O–H groups in total. The molecule has 3 rings (SSSR count). The van der Waals surface area contributed by atoms with Crippen molar-refractivity contribution < 1.29 is 9.53 Å². The van der Waals surface area contributed by atoms with E-state index in [1.165, 1.54) is 5.56 Å². The maximum absolute atomic E-state index is 11.7. The number of ether oxygens (including phenoxy) is 1. The molecule has 0 amide bonds. The lowest BCUT2D eigenvalue weighted by atomic mass is 9.98. The van der Waals surface area contributed by atoms with Gasteiger partial charge >= 0.3 is 0 Å². The van der Waals surface area contributed by atoms with Crippen LogP contribution < -0.4 is 0 Å². The third kappa shape index (κ3) is 1.67. The highest BCUT2D eigenvalue weighted by Gasteiger charge is 2.47. The number of benzene rings is 1. The van der Waals surface area contributed by atoms with E-state index < -0.39 is 0 Å². The molecule has 2 bridgehead atoms. The van der Waals surface area contributed by atoms with Gasteiger partial charge < -0.3 is 4.74 Å². The van der Waals surface area contributed by atoms with Gasteiger partial charge in [-0.2, -0.15) is 0 Å². The third-order valence-corrected chi connectivity index (χ3v) is 3.87. The summed E-state index contributed by atoms with van der Waals surface area (Å²) in [6.07, 6.45) is 3.28. The van der Waals surface area contributed by atoms with E-state index in [4.69, 9.17) is 4.74 Å². The molecule has 1 aromatic carbocycles. The van der Waals surface area contributed by atoms with Crippen LogP contribution in [0.4, 0.5) is 0 Å². The molecule has 0 unspecified atom stereocenters. The Hall–Kier alpha value is -1.15. The van der Waals surface area contributed by atoms with Crippen molar-refractivity contribution in [3.8, 4) is 0 Å². The van der Waals surface area contributed by atoms with Crippen molar-refractivity contribution in [1.29, 1.82) is 0 Å². The summed E-state index contributed by atoms with van der Waals surface area (Å²) in [5.41, 5.74) is 1.19. The van der Waals surface area contributed by atoms with E-state index in [1.54, 1.807) is 0 Å². The zero-order valence-corrected chi connectivity index (χ0v) is 9.26. The number of rotatable bonds is 3. The Balaban J connectivity index is 1.59. The number of carbonyl (C=O) groups is 1. The largest absolute Gasteiger partial charge is 0.373 e. The molecule has 3 atom stereocenters. The maximum atomic E-state index is 11.7. The molecule has 2 nitrogen and oxygen atoms in total. The quantitative estimate of drug-likeness (QED) is 0.776. The summed E-state index contributed by atoms with van der Waals surface area (Å²) in [6.45, 7) is 0.641. The Morgan fingerprint density at radius 1 is 1.19 bits per heavy atom. The molecule has 16 heavy (non-hydrogen) atoms. The molecule has 0 radical (unpaired) electrons. The van der Waals surface area contributed by atoms with Crippen molar-refractivity contribution in [2.24, 2.45) is 11.8 Å². The SMILES string of the molecule is O=C1[C@H]2CC[C@@H]1[C@H](OCc1ccccc1)C2. The molecular weight excluding hydrogens is 200 g/mol. The van der Waals surface area contributed by atoms with Gasteiger partial charge in [0.15, 0.2) is 0 Å². The second kappa shape index (κ2) is 4.02. The van der Waals surface area contributed by atoms with Crippen LogP contribution in [0.15, 0.2) is 30.3 Å². The highest BCUT2D eigenvalue weighted by molar-refractivity contribution is 5.88. The first-order valence-electron chi connectivity index (χ1n) is 6.04. The molecule has 84 valence electrons. The minimum atomic E-state index is 0.187. The van der Waals surface area contributed by atoms with Crippen molar-refractivity contribution in [1.82, 2.24) is 0 Å². The molecule has 2 aliphatic rings. The Morgan fingerprint density at radius 3 is 2.62 bits per heavy atom. The molecule has 2 aliphatic carbocycles. The lowest BCUT2D eigenvalue weighted by molar-refractivity contribution is -0.122. The fourth-order valence-corrected chi connectivity index (χ4v) is 2.98. The zero-order valence-electron chi connectivity index (χ0n) is 9.26. The highest BCUT2D eigenvalue weighted by Crippen LogP contribution is 2.43. The number of ketones is 1. The van der Waals surface area contributed by atoms with Crippen LogP contribution in [0.1, 0.15) is 24.8 Å². The molecule has 0 saturated heterocycles. The molecule has 1 aromatic rings. The molecule has 0 spiro atoms. The fourth-order valence-electron chi connectivity index (χ4n) is 2.98. The normalized spacial score (nSPS) is 32.2. The maximum Gasteiger partial charge on any atom is 0.141 e. The van der Waals surface area contributed by atoms with Crippen LogP contribution >= 0.6 is 0 Å². The molecular formula is C14H16O2. The van der Waals surface area contributed by atoms with Gasteiger partial charge in [0.2, 0.25) is 0 Å². The first kappa shape index (κ1) is 10.0. The van der Waals surface area contributed by atoms with Crippen LogP contribution in [0, 0.1) is 11.8 Å². The van der Waals surface area contributed by atoms with Crippen LogP contribution in [0.3, 0.4) is 0 Å². The molecule has 0 aliphatic heterocycles. The van der Waals surface area contributed by atoms with E-state index in [0.29, 0.717) is 18.3 Å². The van der Waals surface area contributed by atoms with Crippen molar-refractivity contribution in [3.63, 3.8) is 0 Å². The third-order valence-electron chi connectivity index (χ3n) is 3.87. The number of hydrogen-bond donors (Lipinski definition) is 0. The summed E-state index contributed by atoms with van der Waals surface area (Å²) in [5, 5.41) is 0. The van der Waals surface area contributed by atoms with Gasteiger partial charge in [0, 0.05) is 11.8 Å². The summed E-state index contributed by atoms with van der Waals surface area (Å²) in [4.78, 5) is 11.7. The van der Waals surface area contributed by atoms with Gasteiger partial charge in [-0.3, -0.25) is 4.79 Å². The second-order valence-corrected chi connectivity index (χ2v) is 4.85. The van der Waals surface area contributed by atoms with Gasteiger partial charge in [-0.1, -0.05) is 30.3 Å². The van der Waals surface area contributed by atoms with Crippen LogP contribution in [-0.4, -0.2) is 11.9 Å². The van der Waals surface area contributed by atoms with Crippen LogP contribution in [0.25, 0.3) is 0 Å². The van der Waals surface area contributed by atoms with Crippen molar-refractivity contribution in [3.05, 3.63) is 35.9 Å². The molecule has 2 saturated carbocycles. The average Bonchev–Trinajstić information content (AvgIpc) is 2.84. The number of Topliss-reactive ketones (excluding diaryl/α,β-unsaturated/α-hetero) is 1. The van der Waals surface area contributed by atoms with E-state index in [9.17, 15) is 4.79 Å². The Labute approximate surface area is 95.6 Å². The average molecular weight is 216 g/mol. The van der Waals surface area contributed by atoms with Gasteiger partial charge in [-0.15, -0.1) is 0 Å². The molecule has 2 fully saturated rings. The van der Waals surface area contributed by atoms with Crippen molar-refractivity contribution in [2.75, 3.05) is 0 Å². The van der Waals surface area contributed by atoms with Crippen LogP contribution in [0.5, 0.6) is 0 Å². The minimum absolute atomic E-state index is 0.187. The van der Waals surface area contributed by atoms with Gasteiger partial charge in [0.25, 0.3) is 0 Å². The van der Waals surface area contributed by atoms with E-state index in [-0.39, 0.29) is 12.0 Å².